The molecule has 2 rings (SSSR count). The fraction of sp³-hybridized carbons (Fsp3) is 0.917. The predicted molar refractivity (Wildman–Crippen MR) is 60.5 cm³/mol. The van der Waals surface area contributed by atoms with Gasteiger partial charge < -0.3 is 10.6 Å². The molecule has 0 aromatic rings. The zero-order chi connectivity index (χ0) is 10.9. The maximum absolute atomic E-state index is 11.5. The summed E-state index contributed by atoms with van der Waals surface area (Å²) in [6, 6.07) is 0. The van der Waals surface area contributed by atoms with Gasteiger partial charge in [-0.2, -0.15) is 0 Å². The number of carbonyl (C=O) groups excluding carboxylic acids is 1. The minimum Gasteiger partial charge on any atom is -0.354 e. The van der Waals surface area contributed by atoms with Gasteiger partial charge in [0, 0.05) is 18.5 Å². The summed E-state index contributed by atoms with van der Waals surface area (Å²) in [4.78, 5) is 11.5. The van der Waals surface area contributed by atoms with Crippen molar-refractivity contribution in [3.63, 3.8) is 0 Å². The second kappa shape index (κ2) is 4.12. The first-order valence-corrected chi connectivity index (χ1v) is 6.14. The molecular weight excluding hydrogens is 188 g/mol. The highest BCUT2D eigenvalue weighted by atomic mass is 16.1. The van der Waals surface area contributed by atoms with Gasteiger partial charge in [-0.05, 0) is 37.6 Å². The molecule has 1 heterocycles. The van der Waals surface area contributed by atoms with Crippen LogP contribution in [-0.2, 0) is 4.79 Å². The lowest BCUT2D eigenvalue weighted by Crippen LogP contribution is -2.47. The van der Waals surface area contributed by atoms with Gasteiger partial charge in [-0.1, -0.05) is 13.8 Å². The van der Waals surface area contributed by atoms with Gasteiger partial charge >= 0.3 is 0 Å². The molecule has 3 nitrogen and oxygen atoms in total. The van der Waals surface area contributed by atoms with Gasteiger partial charge in [0.25, 0.3) is 0 Å². The minimum atomic E-state index is 0.206. The maximum Gasteiger partial charge on any atom is 0.220 e. The van der Waals surface area contributed by atoms with Crippen LogP contribution in [0.1, 0.15) is 39.5 Å². The monoisotopic (exact) mass is 210 g/mol. The van der Waals surface area contributed by atoms with E-state index < -0.39 is 0 Å². The second-order valence-corrected chi connectivity index (χ2v) is 5.50. The van der Waals surface area contributed by atoms with Crippen molar-refractivity contribution in [1.82, 2.24) is 10.6 Å². The Balaban J connectivity index is 1.72. The Hall–Kier alpha value is -0.570. The summed E-state index contributed by atoms with van der Waals surface area (Å²) in [6.07, 6.45) is 4.55. The van der Waals surface area contributed by atoms with Gasteiger partial charge in [0.15, 0.2) is 0 Å². The third-order valence-corrected chi connectivity index (χ3v) is 3.63. The van der Waals surface area contributed by atoms with Gasteiger partial charge in [-0.25, -0.2) is 0 Å². The Morgan fingerprint density at radius 3 is 3.07 bits per heavy atom. The highest BCUT2D eigenvalue weighted by Gasteiger charge is 2.54. The summed E-state index contributed by atoms with van der Waals surface area (Å²) in [5.74, 6) is 1.49. The molecular formula is C12H22N2O. The van der Waals surface area contributed by atoms with Crippen molar-refractivity contribution in [3.8, 4) is 0 Å². The van der Waals surface area contributed by atoms with Gasteiger partial charge in [0.1, 0.15) is 0 Å². The van der Waals surface area contributed by atoms with Crippen molar-refractivity contribution >= 4 is 5.91 Å². The summed E-state index contributed by atoms with van der Waals surface area (Å²) in [6.45, 7) is 6.12. The summed E-state index contributed by atoms with van der Waals surface area (Å²) >= 11 is 0. The summed E-state index contributed by atoms with van der Waals surface area (Å²) in [5.41, 5.74) is 0.283. The van der Waals surface area contributed by atoms with Crippen molar-refractivity contribution in [1.29, 1.82) is 0 Å². The zero-order valence-electron chi connectivity index (χ0n) is 9.81. The third kappa shape index (κ3) is 2.51. The number of nitrogens with one attached hydrogen (secondary N) is 2. The fourth-order valence-electron chi connectivity index (χ4n) is 2.64. The van der Waals surface area contributed by atoms with Crippen molar-refractivity contribution in [2.24, 2.45) is 11.8 Å². The molecule has 1 saturated heterocycles. The Bertz CT molecular complexity index is 252. The van der Waals surface area contributed by atoms with Crippen LogP contribution in [0, 0.1) is 11.8 Å². The first-order valence-electron chi connectivity index (χ1n) is 6.14. The molecule has 15 heavy (non-hydrogen) atoms. The average molecular weight is 210 g/mol. The Morgan fingerprint density at radius 2 is 2.40 bits per heavy atom. The normalized spacial score (nSPS) is 33.7. The van der Waals surface area contributed by atoms with Crippen LogP contribution in [-0.4, -0.2) is 24.5 Å². The molecule has 1 amide bonds. The highest BCUT2D eigenvalue weighted by Crippen LogP contribution is 2.48. The first kappa shape index (κ1) is 10.9. The highest BCUT2D eigenvalue weighted by molar-refractivity contribution is 5.76. The number of carbonyl (C=O) groups is 1. The number of rotatable bonds is 4. The number of piperidine rings is 1. The van der Waals surface area contributed by atoms with E-state index in [0.29, 0.717) is 12.3 Å². The van der Waals surface area contributed by atoms with Crippen molar-refractivity contribution in [2.75, 3.05) is 13.1 Å². The Labute approximate surface area is 92.0 Å². The van der Waals surface area contributed by atoms with E-state index in [-0.39, 0.29) is 11.4 Å². The summed E-state index contributed by atoms with van der Waals surface area (Å²) in [5, 5.41) is 6.63. The van der Waals surface area contributed by atoms with Crippen LogP contribution in [0.3, 0.4) is 0 Å². The Kier molecular flexibility index (Phi) is 3.01. The van der Waals surface area contributed by atoms with Gasteiger partial charge in [0.2, 0.25) is 5.91 Å². The molecule has 1 aliphatic heterocycles. The molecule has 0 bridgehead atoms. The smallest absolute Gasteiger partial charge is 0.220 e. The van der Waals surface area contributed by atoms with E-state index in [1.165, 1.54) is 19.3 Å². The maximum atomic E-state index is 11.5. The van der Waals surface area contributed by atoms with E-state index in [0.717, 1.165) is 19.0 Å². The summed E-state index contributed by atoms with van der Waals surface area (Å²) in [7, 11) is 0. The van der Waals surface area contributed by atoms with Gasteiger partial charge in [-0.3, -0.25) is 4.79 Å². The molecule has 0 radical (unpaired) electrons. The van der Waals surface area contributed by atoms with Crippen LogP contribution >= 0.6 is 0 Å². The quantitative estimate of drug-likeness (QED) is 0.734. The van der Waals surface area contributed by atoms with Gasteiger partial charge in [0.05, 0.1) is 0 Å². The second-order valence-electron chi connectivity index (χ2n) is 5.50. The number of fused-ring (bicyclic) bond motifs is 1. The molecule has 2 N–H and O–H groups in total. The largest absolute Gasteiger partial charge is 0.354 e. The predicted octanol–water partition coefficient (Wildman–Crippen LogP) is 1.29. The molecule has 1 aliphatic carbocycles. The van der Waals surface area contributed by atoms with E-state index in [9.17, 15) is 4.79 Å². The van der Waals surface area contributed by atoms with Crippen molar-refractivity contribution < 1.29 is 4.79 Å². The standard InChI is InChI=1S/C12H22N2O/c1-9(2)6-11(15)13-8-12-7-10(12)4-3-5-14-12/h9-10,14H,3-8H2,1-2H3,(H,13,15). The molecule has 2 aliphatic rings. The van der Waals surface area contributed by atoms with Crippen LogP contribution < -0.4 is 10.6 Å². The Morgan fingerprint density at radius 1 is 1.60 bits per heavy atom. The molecule has 0 aromatic carbocycles. The third-order valence-electron chi connectivity index (χ3n) is 3.63. The molecule has 86 valence electrons. The number of hydrogen-bond donors (Lipinski definition) is 2. The van der Waals surface area contributed by atoms with Gasteiger partial charge in [-0.15, -0.1) is 0 Å². The molecule has 2 unspecified atom stereocenters. The van der Waals surface area contributed by atoms with Crippen LogP contribution in [0.5, 0.6) is 0 Å². The molecule has 2 atom stereocenters. The van der Waals surface area contributed by atoms with Crippen molar-refractivity contribution in [2.45, 2.75) is 45.1 Å². The number of amides is 1. The van der Waals surface area contributed by atoms with E-state index in [1.807, 2.05) is 0 Å². The molecule has 0 spiro atoms. The molecule has 3 heteroatoms. The van der Waals surface area contributed by atoms with E-state index in [1.54, 1.807) is 0 Å². The first-order chi connectivity index (χ1) is 7.12. The van der Waals surface area contributed by atoms with Crippen molar-refractivity contribution in [3.05, 3.63) is 0 Å². The molecule has 2 fully saturated rings. The average Bonchev–Trinajstić information content (AvgIpc) is 2.88. The lowest BCUT2D eigenvalue weighted by atomic mass is 10.0. The lowest BCUT2D eigenvalue weighted by molar-refractivity contribution is -0.121. The van der Waals surface area contributed by atoms with Crippen LogP contribution in [0.4, 0.5) is 0 Å². The summed E-state index contributed by atoms with van der Waals surface area (Å²) < 4.78 is 0. The molecule has 0 aromatic heterocycles. The van der Waals surface area contributed by atoms with E-state index >= 15 is 0 Å². The SMILES string of the molecule is CC(C)CC(=O)NCC12CC1CCCN2. The number of hydrogen-bond acceptors (Lipinski definition) is 2. The molecule has 1 saturated carbocycles. The zero-order valence-corrected chi connectivity index (χ0v) is 9.81. The topological polar surface area (TPSA) is 41.1 Å². The van der Waals surface area contributed by atoms with E-state index in [2.05, 4.69) is 24.5 Å². The lowest BCUT2D eigenvalue weighted by Gasteiger charge is -2.24. The fourth-order valence-corrected chi connectivity index (χ4v) is 2.64. The minimum absolute atomic E-state index is 0.206. The van der Waals surface area contributed by atoms with Crippen LogP contribution in [0.2, 0.25) is 0 Å². The van der Waals surface area contributed by atoms with Crippen LogP contribution in [0.25, 0.3) is 0 Å². The van der Waals surface area contributed by atoms with E-state index in [4.69, 9.17) is 0 Å². The van der Waals surface area contributed by atoms with Crippen LogP contribution in [0.15, 0.2) is 0 Å².